The number of ether oxygens (including phenoxy) is 3. The monoisotopic (exact) mass is 474 g/mol. The van der Waals surface area contributed by atoms with Gasteiger partial charge in [-0.2, -0.15) is 0 Å². The van der Waals surface area contributed by atoms with Gasteiger partial charge >= 0.3 is 12.1 Å². The number of hydrogen-bond donors (Lipinski definition) is 4. The molecule has 0 saturated carbocycles. The van der Waals surface area contributed by atoms with E-state index >= 15 is 0 Å². The molecule has 0 heterocycles. The van der Waals surface area contributed by atoms with Gasteiger partial charge in [-0.15, -0.1) is 0 Å². The van der Waals surface area contributed by atoms with Gasteiger partial charge in [0.2, 0.25) is 0 Å². The molecule has 4 N–H and O–H groups in total. The van der Waals surface area contributed by atoms with Crippen LogP contribution >= 0.6 is 0 Å². The number of benzene rings is 2. The van der Waals surface area contributed by atoms with Crippen LogP contribution < -0.4 is 20.1 Å². The van der Waals surface area contributed by atoms with Crippen molar-refractivity contribution in [3.63, 3.8) is 0 Å². The topological polar surface area (TPSA) is 126 Å². The summed E-state index contributed by atoms with van der Waals surface area (Å²) in [6.07, 6.45) is -1.98. The van der Waals surface area contributed by atoms with E-state index in [1.807, 2.05) is 30.3 Å². The second kappa shape index (κ2) is 12.2. The van der Waals surface area contributed by atoms with E-state index in [1.165, 1.54) is 14.2 Å². The van der Waals surface area contributed by atoms with Gasteiger partial charge in [-0.05, 0) is 50.5 Å². The lowest BCUT2D eigenvalue weighted by Crippen LogP contribution is -2.57. The Bertz CT molecular complexity index is 944. The molecule has 34 heavy (non-hydrogen) atoms. The number of methoxy groups -OCH3 is 2. The van der Waals surface area contributed by atoms with Crippen molar-refractivity contribution in [1.82, 2.24) is 10.6 Å². The molecule has 0 aliphatic heterocycles. The maximum atomic E-state index is 12.4. The first kappa shape index (κ1) is 26.9. The SMILES string of the molecule is COc1ccc(CN[C@@H](C(=O)O)[C@H](O)[C@H](Cc2ccccc2)NC(=O)OC(C)(C)C)cc1OC. The molecule has 0 spiro atoms. The number of carbonyl (C=O) groups is 2. The number of carbonyl (C=O) groups excluding carboxylic acids is 1. The zero-order valence-electron chi connectivity index (χ0n) is 20.2. The highest BCUT2D eigenvalue weighted by atomic mass is 16.6. The first-order valence-corrected chi connectivity index (χ1v) is 10.9. The molecule has 9 heteroatoms. The molecule has 9 nitrogen and oxygen atoms in total. The van der Waals surface area contributed by atoms with E-state index in [0.717, 1.165) is 11.1 Å². The van der Waals surface area contributed by atoms with Crippen LogP contribution in [0.2, 0.25) is 0 Å². The van der Waals surface area contributed by atoms with Crippen LogP contribution in [-0.4, -0.2) is 60.3 Å². The molecule has 0 radical (unpaired) electrons. The lowest BCUT2D eigenvalue weighted by molar-refractivity contribution is -0.143. The van der Waals surface area contributed by atoms with Gasteiger partial charge in [0, 0.05) is 6.54 Å². The van der Waals surface area contributed by atoms with Crippen molar-refractivity contribution in [1.29, 1.82) is 0 Å². The van der Waals surface area contributed by atoms with Crippen molar-refractivity contribution in [2.45, 2.75) is 57.5 Å². The summed E-state index contributed by atoms with van der Waals surface area (Å²) in [6, 6.07) is 12.1. The maximum Gasteiger partial charge on any atom is 0.407 e. The summed E-state index contributed by atoms with van der Waals surface area (Å²) in [5, 5.41) is 26.4. The Hall–Kier alpha value is -3.30. The normalized spacial score (nSPS) is 13.9. The van der Waals surface area contributed by atoms with E-state index in [-0.39, 0.29) is 13.0 Å². The van der Waals surface area contributed by atoms with Crippen molar-refractivity contribution in [3.05, 3.63) is 59.7 Å². The molecule has 0 bridgehead atoms. The van der Waals surface area contributed by atoms with Gasteiger partial charge in [0.15, 0.2) is 11.5 Å². The average Bonchev–Trinajstić information content (AvgIpc) is 2.77. The highest BCUT2D eigenvalue weighted by molar-refractivity contribution is 5.75. The van der Waals surface area contributed by atoms with E-state index in [2.05, 4.69) is 10.6 Å². The van der Waals surface area contributed by atoms with Gasteiger partial charge in [-0.1, -0.05) is 36.4 Å². The summed E-state index contributed by atoms with van der Waals surface area (Å²) in [6.45, 7) is 5.30. The van der Waals surface area contributed by atoms with Crippen molar-refractivity contribution in [2.24, 2.45) is 0 Å². The third kappa shape index (κ3) is 8.24. The quantitative estimate of drug-likeness (QED) is 0.392. The van der Waals surface area contributed by atoms with Gasteiger partial charge in [0.05, 0.1) is 20.3 Å². The number of nitrogens with one attached hydrogen (secondary N) is 2. The standard InChI is InChI=1S/C25H34N2O7/c1-25(2,3)34-24(31)27-18(13-16-9-7-6-8-10-16)22(28)21(23(29)30)26-15-17-11-12-19(32-4)20(14-17)33-5/h6-12,14,18,21-22,26,28H,13,15H2,1-5H3,(H,27,31)(H,29,30)/t18-,21+,22+/m0/s1. The van der Waals surface area contributed by atoms with Crippen LogP contribution in [0, 0.1) is 0 Å². The zero-order valence-corrected chi connectivity index (χ0v) is 20.2. The molecule has 2 aromatic rings. The first-order chi connectivity index (χ1) is 16.0. The molecule has 1 amide bonds. The zero-order chi connectivity index (χ0) is 25.3. The highest BCUT2D eigenvalue weighted by Gasteiger charge is 2.34. The average molecular weight is 475 g/mol. The van der Waals surface area contributed by atoms with Gasteiger partial charge < -0.3 is 29.7 Å². The third-order valence-electron chi connectivity index (χ3n) is 4.99. The molecule has 0 aliphatic carbocycles. The summed E-state index contributed by atoms with van der Waals surface area (Å²) in [4.78, 5) is 24.5. The predicted molar refractivity (Wildman–Crippen MR) is 127 cm³/mol. The lowest BCUT2D eigenvalue weighted by Gasteiger charge is -2.30. The van der Waals surface area contributed by atoms with Crippen LogP contribution in [0.5, 0.6) is 11.5 Å². The summed E-state index contributed by atoms with van der Waals surface area (Å²) in [5.74, 6) is -0.203. The first-order valence-electron chi connectivity index (χ1n) is 10.9. The Labute approximate surface area is 200 Å². The Balaban J connectivity index is 2.21. The molecule has 2 aromatic carbocycles. The summed E-state index contributed by atoms with van der Waals surface area (Å²) < 4.78 is 15.8. The van der Waals surface area contributed by atoms with Crippen molar-refractivity contribution < 1.29 is 34.0 Å². The van der Waals surface area contributed by atoms with Gasteiger partial charge in [-0.25, -0.2) is 4.79 Å². The van der Waals surface area contributed by atoms with E-state index in [1.54, 1.807) is 39.0 Å². The van der Waals surface area contributed by atoms with Crippen LogP contribution in [0.4, 0.5) is 4.79 Å². The van der Waals surface area contributed by atoms with Crippen LogP contribution in [0.15, 0.2) is 48.5 Å². The number of aliphatic hydroxyl groups excluding tert-OH is 1. The maximum absolute atomic E-state index is 12.4. The fourth-order valence-corrected chi connectivity index (χ4v) is 3.39. The number of carboxylic acid groups (broad SMARTS) is 1. The Kier molecular flexibility index (Phi) is 9.70. The number of amides is 1. The van der Waals surface area contributed by atoms with Gasteiger partial charge in [0.25, 0.3) is 0 Å². The fraction of sp³-hybridized carbons (Fsp3) is 0.440. The molecular formula is C25H34N2O7. The minimum absolute atomic E-state index is 0.138. The van der Waals surface area contributed by atoms with Crippen LogP contribution in [-0.2, 0) is 22.5 Å². The highest BCUT2D eigenvalue weighted by Crippen LogP contribution is 2.27. The van der Waals surface area contributed by atoms with Crippen molar-refractivity contribution >= 4 is 12.1 Å². The molecule has 0 saturated heterocycles. The van der Waals surface area contributed by atoms with Crippen LogP contribution in [0.1, 0.15) is 31.9 Å². The second-order valence-corrected chi connectivity index (χ2v) is 8.82. The Morgan fingerprint density at radius 3 is 2.18 bits per heavy atom. The number of aliphatic carboxylic acids is 1. The summed E-state index contributed by atoms with van der Waals surface area (Å²) in [7, 11) is 3.03. The minimum atomic E-state index is -1.45. The molecule has 186 valence electrons. The van der Waals surface area contributed by atoms with E-state index < -0.39 is 35.9 Å². The van der Waals surface area contributed by atoms with Crippen LogP contribution in [0.3, 0.4) is 0 Å². The van der Waals surface area contributed by atoms with Gasteiger partial charge in [-0.3, -0.25) is 10.1 Å². The van der Waals surface area contributed by atoms with Crippen LogP contribution in [0.25, 0.3) is 0 Å². The minimum Gasteiger partial charge on any atom is -0.493 e. The largest absolute Gasteiger partial charge is 0.493 e. The van der Waals surface area contributed by atoms with E-state index in [9.17, 15) is 19.8 Å². The van der Waals surface area contributed by atoms with Gasteiger partial charge in [0.1, 0.15) is 17.7 Å². The molecule has 0 unspecified atom stereocenters. The smallest absolute Gasteiger partial charge is 0.407 e. The number of hydrogen-bond acceptors (Lipinski definition) is 7. The predicted octanol–water partition coefficient (Wildman–Crippen LogP) is 2.74. The van der Waals surface area contributed by atoms with E-state index in [0.29, 0.717) is 11.5 Å². The molecule has 2 rings (SSSR count). The fourth-order valence-electron chi connectivity index (χ4n) is 3.39. The number of aliphatic hydroxyl groups is 1. The van der Waals surface area contributed by atoms with Crippen molar-refractivity contribution in [2.75, 3.05) is 14.2 Å². The number of alkyl carbamates (subject to hydrolysis) is 1. The van der Waals surface area contributed by atoms with E-state index in [4.69, 9.17) is 14.2 Å². The second-order valence-electron chi connectivity index (χ2n) is 8.82. The summed E-state index contributed by atoms with van der Waals surface area (Å²) in [5.41, 5.74) is 0.812. The molecule has 0 fully saturated rings. The molecule has 3 atom stereocenters. The Morgan fingerprint density at radius 2 is 1.62 bits per heavy atom. The molecule has 0 aromatic heterocycles. The third-order valence-corrected chi connectivity index (χ3v) is 4.99. The summed E-state index contributed by atoms with van der Waals surface area (Å²) >= 11 is 0. The number of rotatable bonds is 11. The number of carboxylic acids is 1. The molecular weight excluding hydrogens is 440 g/mol. The van der Waals surface area contributed by atoms with Crippen molar-refractivity contribution in [3.8, 4) is 11.5 Å². The Morgan fingerprint density at radius 1 is 0.971 bits per heavy atom. The molecule has 0 aliphatic rings. The lowest BCUT2D eigenvalue weighted by atomic mass is 9.96.